The van der Waals surface area contributed by atoms with E-state index in [-0.39, 0.29) is 17.9 Å². The fraction of sp³-hybridized carbons (Fsp3) is 0.533. The number of nitrogens with zero attached hydrogens (tertiary/aromatic N) is 1. The van der Waals surface area contributed by atoms with Crippen molar-refractivity contribution in [2.75, 3.05) is 11.4 Å². The Balaban J connectivity index is 1.85. The van der Waals surface area contributed by atoms with E-state index >= 15 is 0 Å². The lowest BCUT2D eigenvalue weighted by atomic mass is 10.0. The quantitative estimate of drug-likeness (QED) is 0.862. The molecule has 1 amide bonds. The minimum Gasteiger partial charge on any atom is -0.387 e. The molecule has 19 heavy (non-hydrogen) atoms. The molecule has 2 atom stereocenters. The van der Waals surface area contributed by atoms with Gasteiger partial charge in [-0.05, 0) is 43.4 Å². The molecule has 3 N–H and O–H groups in total. The number of carbonyl (C=O) groups excluding carboxylic acids is 1. The second kappa shape index (κ2) is 4.62. The fourth-order valence-corrected chi connectivity index (χ4v) is 2.69. The number of anilines is 1. The first kappa shape index (κ1) is 12.6. The van der Waals surface area contributed by atoms with Crippen molar-refractivity contribution in [2.45, 2.75) is 38.3 Å². The molecular weight excluding hydrogens is 240 g/mol. The molecule has 4 heteroatoms. The van der Waals surface area contributed by atoms with Crippen LogP contribution in [0.1, 0.15) is 37.0 Å². The molecule has 0 bridgehead atoms. The number of benzene rings is 1. The van der Waals surface area contributed by atoms with Crippen LogP contribution >= 0.6 is 0 Å². The molecule has 1 aromatic carbocycles. The van der Waals surface area contributed by atoms with Crippen molar-refractivity contribution < 1.29 is 9.90 Å². The van der Waals surface area contributed by atoms with E-state index in [1.54, 1.807) is 6.92 Å². The van der Waals surface area contributed by atoms with Crippen LogP contribution < -0.4 is 10.6 Å². The molecule has 102 valence electrons. The molecule has 2 unspecified atom stereocenters. The van der Waals surface area contributed by atoms with Gasteiger partial charge in [0.25, 0.3) is 0 Å². The number of rotatable bonds is 3. The van der Waals surface area contributed by atoms with Gasteiger partial charge in [-0.25, -0.2) is 0 Å². The lowest BCUT2D eigenvalue weighted by Crippen LogP contribution is -2.30. The second-order valence-electron chi connectivity index (χ2n) is 5.71. The summed E-state index contributed by atoms with van der Waals surface area (Å²) in [5, 5.41) is 10.00. The summed E-state index contributed by atoms with van der Waals surface area (Å²) in [5.74, 6) is 0.513. The van der Waals surface area contributed by atoms with Crippen LogP contribution in [0.5, 0.6) is 0 Å². The van der Waals surface area contributed by atoms with Gasteiger partial charge in [-0.1, -0.05) is 12.1 Å². The predicted octanol–water partition coefficient (Wildman–Crippen LogP) is 1.37. The van der Waals surface area contributed by atoms with E-state index in [0.717, 1.165) is 42.6 Å². The number of fused-ring (bicyclic) bond motifs is 1. The number of aliphatic hydroxyl groups excluding tert-OH is 1. The maximum Gasteiger partial charge on any atom is 0.230 e. The molecule has 0 aromatic heterocycles. The van der Waals surface area contributed by atoms with Crippen molar-refractivity contribution in [2.24, 2.45) is 11.7 Å². The smallest absolute Gasteiger partial charge is 0.230 e. The van der Waals surface area contributed by atoms with E-state index in [1.165, 1.54) is 0 Å². The minimum absolute atomic E-state index is 0.250. The largest absolute Gasteiger partial charge is 0.387 e. The van der Waals surface area contributed by atoms with Gasteiger partial charge in [0.15, 0.2) is 0 Å². The van der Waals surface area contributed by atoms with E-state index < -0.39 is 6.10 Å². The summed E-state index contributed by atoms with van der Waals surface area (Å²) < 4.78 is 0. The van der Waals surface area contributed by atoms with Crippen LogP contribution in [0.2, 0.25) is 0 Å². The van der Waals surface area contributed by atoms with Gasteiger partial charge in [0.2, 0.25) is 5.91 Å². The third-order valence-electron chi connectivity index (χ3n) is 4.03. The standard InChI is InChI=1S/C15H20N2O2/c1-9(16)14(18)12-4-5-13-11(8-12)6-7-17(13)15(19)10-2-3-10/h4-5,8-10,14,18H,2-3,6-7,16H2,1H3. The Kier molecular flexibility index (Phi) is 3.07. The van der Waals surface area contributed by atoms with Crippen molar-refractivity contribution in [3.63, 3.8) is 0 Å². The van der Waals surface area contributed by atoms with Crippen LogP contribution in [0.3, 0.4) is 0 Å². The Labute approximate surface area is 113 Å². The van der Waals surface area contributed by atoms with Crippen molar-refractivity contribution in [1.29, 1.82) is 0 Å². The Morgan fingerprint density at radius 1 is 1.47 bits per heavy atom. The topological polar surface area (TPSA) is 66.6 Å². The van der Waals surface area contributed by atoms with E-state index in [2.05, 4.69) is 0 Å². The molecule has 1 saturated carbocycles. The molecule has 1 heterocycles. The molecule has 3 rings (SSSR count). The maximum absolute atomic E-state index is 12.2. The molecule has 1 fully saturated rings. The molecule has 0 spiro atoms. The summed E-state index contributed by atoms with van der Waals surface area (Å²) in [6.07, 6.45) is 2.30. The van der Waals surface area contributed by atoms with E-state index in [1.807, 2.05) is 23.1 Å². The van der Waals surface area contributed by atoms with Gasteiger partial charge in [0.1, 0.15) is 0 Å². The first-order chi connectivity index (χ1) is 9.08. The molecule has 4 nitrogen and oxygen atoms in total. The summed E-state index contributed by atoms with van der Waals surface area (Å²) in [6.45, 7) is 2.56. The SMILES string of the molecule is CC(N)C(O)c1ccc2c(c1)CCN2C(=O)C1CC1. The molecule has 1 aliphatic carbocycles. The zero-order valence-corrected chi connectivity index (χ0v) is 11.2. The van der Waals surface area contributed by atoms with Gasteiger partial charge in [0, 0.05) is 24.2 Å². The average Bonchev–Trinajstić information content (AvgIpc) is 3.16. The van der Waals surface area contributed by atoms with Crippen molar-refractivity contribution in [1.82, 2.24) is 0 Å². The highest BCUT2D eigenvalue weighted by molar-refractivity contribution is 5.98. The predicted molar refractivity (Wildman–Crippen MR) is 73.8 cm³/mol. The first-order valence-corrected chi connectivity index (χ1v) is 6.96. The Morgan fingerprint density at radius 3 is 2.84 bits per heavy atom. The van der Waals surface area contributed by atoms with Crippen LogP contribution in [0.25, 0.3) is 0 Å². The van der Waals surface area contributed by atoms with Gasteiger partial charge in [0.05, 0.1) is 6.10 Å². The molecule has 2 aliphatic rings. The third kappa shape index (κ3) is 2.26. The van der Waals surface area contributed by atoms with Gasteiger partial charge in [-0.2, -0.15) is 0 Å². The van der Waals surface area contributed by atoms with Crippen molar-refractivity contribution >= 4 is 11.6 Å². The zero-order valence-electron chi connectivity index (χ0n) is 11.2. The highest BCUT2D eigenvalue weighted by Gasteiger charge is 2.36. The van der Waals surface area contributed by atoms with Gasteiger partial charge in [-0.3, -0.25) is 4.79 Å². The summed E-state index contributed by atoms with van der Waals surface area (Å²) in [4.78, 5) is 14.1. The zero-order chi connectivity index (χ0) is 13.6. The number of carbonyl (C=O) groups is 1. The van der Waals surface area contributed by atoms with Crippen molar-refractivity contribution in [3.8, 4) is 0 Å². The highest BCUT2D eigenvalue weighted by Crippen LogP contribution is 2.37. The number of amides is 1. The van der Waals surface area contributed by atoms with E-state index in [0.29, 0.717) is 0 Å². The minimum atomic E-state index is -0.640. The summed E-state index contributed by atoms with van der Waals surface area (Å²) >= 11 is 0. The molecule has 0 saturated heterocycles. The van der Waals surface area contributed by atoms with E-state index in [4.69, 9.17) is 5.73 Å². The number of aliphatic hydroxyl groups is 1. The normalized spacial score (nSPS) is 21.1. The third-order valence-corrected chi connectivity index (χ3v) is 4.03. The van der Waals surface area contributed by atoms with Gasteiger partial charge < -0.3 is 15.7 Å². The Morgan fingerprint density at radius 2 is 2.21 bits per heavy atom. The van der Waals surface area contributed by atoms with Crippen LogP contribution in [-0.2, 0) is 11.2 Å². The summed E-state index contributed by atoms with van der Waals surface area (Å²) in [6, 6.07) is 5.53. The number of hydrogen-bond acceptors (Lipinski definition) is 3. The maximum atomic E-state index is 12.2. The molecular formula is C15H20N2O2. The fourth-order valence-electron chi connectivity index (χ4n) is 2.69. The van der Waals surface area contributed by atoms with Crippen LogP contribution in [0.4, 0.5) is 5.69 Å². The number of nitrogens with two attached hydrogens (primary N) is 1. The van der Waals surface area contributed by atoms with Crippen LogP contribution in [0, 0.1) is 5.92 Å². The van der Waals surface area contributed by atoms with Crippen LogP contribution in [-0.4, -0.2) is 23.6 Å². The first-order valence-electron chi connectivity index (χ1n) is 6.96. The highest BCUT2D eigenvalue weighted by atomic mass is 16.3. The lowest BCUT2D eigenvalue weighted by molar-refractivity contribution is -0.119. The average molecular weight is 260 g/mol. The Bertz CT molecular complexity index is 509. The van der Waals surface area contributed by atoms with Crippen LogP contribution in [0.15, 0.2) is 18.2 Å². The lowest BCUT2D eigenvalue weighted by Gasteiger charge is -2.19. The van der Waals surface area contributed by atoms with E-state index in [9.17, 15) is 9.90 Å². The summed E-state index contributed by atoms with van der Waals surface area (Å²) in [5.41, 5.74) is 8.72. The molecule has 1 aliphatic heterocycles. The monoisotopic (exact) mass is 260 g/mol. The summed E-state index contributed by atoms with van der Waals surface area (Å²) in [7, 11) is 0. The number of hydrogen-bond donors (Lipinski definition) is 2. The van der Waals surface area contributed by atoms with Gasteiger partial charge >= 0.3 is 0 Å². The molecule has 1 aromatic rings. The van der Waals surface area contributed by atoms with Crippen molar-refractivity contribution in [3.05, 3.63) is 29.3 Å². The Hall–Kier alpha value is -1.39. The second-order valence-corrected chi connectivity index (χ2v) is 5.71. The molecule has 0 radical (unpaired) electrons. The van der Waals surface area contributed by atoms with Gasteiger partial charge in [-0.15, -0.1) is 0 Å².